The summed E-state index contributed by atoms with van der Waals surface area (Å²) in [5.74, 6) is 1.28. The number of ether oxygens (including phenoxy) is 1. The summed E-state index contributed by atoms with van der Waals surface area (Å²) < 4.78 is 5.73. The van der Waals surface area contributed by atoms with Gasteiger partial charge in [-0.05, 0) is 35.7 Å². The third kappa shape index (κ3) is 4.62. The van der Waals surface area contributed by atoms with E-state index in [1.165, 1.54) is 0 Å². The van der Waals surface area contributed by atoms with Crippen molar-refractivity contribution in [3.63, 3.8) is 0 Å². The van der Waals surface area contributed by atoms with E-state index in [4.69, 9.17) is 4.74 Å². The number of carbonyl (C=O) groups is 1. The predicted molar refractivity (Wildman–Crippen MR) is 89.0 cm³/mol. The van der Waals surface area contributed by atoms with Crippen LogP contribution in [-0.2, 0) is 6.61 Å². The number of hydrogen-bond acceptors (Lipinski definition) is 2. The largest absolute Gasteiger partial charge is 0.489 e. The van der Waals surface area contributed by atoms with E-state index in [2.05, 4.69) is 13.8 Å². The van der Waals surface area contributed by atoms with Crippen molar-refractivity contribution >= 4 is 5.91 Å². The molecule has 2 aromatic rings. The quantitative estimate of drug-likeness (QED) is 0.806. The highest BCUT2D eigenvalue weighted by molar-refractivity contribution is 5.94. The predicted octanol–water partition coefficient (Wildman–Crippen LogP) is 3.99. The average Bonchev–Trinajstić information content (AvgIpc) is 2.53. The van der Waals surface area contributed by atoms with Crippen LogP contribution in [0.25, 0.3) is 0 Å². The molecule has 0 heterocycles. The van der Waals surface area contributed by atoms with Crippen LogP contribution in [0.15, 0.2) is 54.6 Å². The molecule has 0 fully saturated rings. The van der Waals surface area contributed by atoms with Crippen LogP contribution in [0, 0.1) is 5.92 Å². The van der Waals surface area contributed by atoms with Crippen molar-refractivity contribution in [2.24, 2.45) is 5.92 Å². The van der Waals surface area contributed by atoms with E-state index in [0.717, 1.165) is 17.9 Å². The Morgan fingerprint density at radius 1 is 1.05 bits per heavy atom. The molecular formula is C19H23NO2. The number of carbonyl (C=O) groups excluding carboxylic acids is 1. The van der Waals surface area contributed by atoms with Crippen molar-refractivity contribution in [3.05, 3.63) is 65.7 Å². The highest BCUT2D eigenvalue weighted by Gasteiger charge is 2.12. The summed E-state index contributed by atoms with van der Waals surface area (Å²) in [5.41, 5.74) is 1.81. The Balaban J connectivity index is 1.94. The fourth-order valence-electron chi connectivity index (χ4n) is 2.29. The van der Waals surface area contributed by atoms with E-state index in [9.17, 15) is 4.79 Å². The maximum Gasteiger partial charge on any atom is 0.253 e. The Labute approximate surface area is 132 Å². The van der Waals surface area contributed by atoms with Crippen molar-refractivity contribution in [1.82, 2.24) is 4.90 Å². The minimum absolute atomic E-state index is 0.0447. The van der Waals surface area contributed by atoms with Gasteiger partial charge < -0.3 is 9.64 Å². The molecule has 0 saturated carbocycles. The van der Waals surface area contributed by atoms with Gasteiger partial charge in [0.2, 0.25) is 0 Å². The molecule has 3 heteroatoms. The second kappa shape index (κ2) is 7.64. The van der Waals surface area contributed by atoms with Gasteiger partial charge in [0, 0.05) is 19.2 Å². The van der Waals surface area contributed by atoms with E-state index in [0.29, 0.717) is 18.1 Å². The van der Waals surface area contributed by atoms with Gasteiger partial charge in [-0.3, -0.25) is 4.79 Å². The molecule has 0 radical (unpaired) electrons. The highest BCUT2D eigenvalue weighted by Crippen LogP contribution is 2.15. The van der Waals surface area contributed by atoms with Crippen LogP contribution in [0.2, 0.25) is 0 Å². The normalized spacial score (nSPS) is 10.5. The van der Waals surface area contributed by atoms with E-state index in [1.807, 2.05) is 61.6 Å². The van der Waals surface area contributed by atoms with Gasteiger partial charge in [0.05, 0.1) is 0 Å². The molecule has 3 nitrogen and oxygen atoms in total. The van der Waals surface area contributed by atoms with Crippen LogP contribution in [0.4, 0.5) is 0 Å². The maximum atomic E-state index is 12.3. The van der Waals surface area contributed by atoms with Crippen LogP contribution in [0.1, 0.15) is 29.8 Å². The first-order valence-corrected chi connectivity index (χ1v) is 7.58. The first-order chi connectivity index (χ1) is 10.6. The minimum atomic E-state index is 0.0447. The Hall–Kier alpha value is -2.29. The molecule has 0 aliphatic rings. The topological polar surface area (TPSA) is 29.5 Å². The molecule has 0 unspecified atom stereocenters. The fraction of sp³-hybridized carbons (Fsp3) is 0.316. The molecule has 0 spiro atoms. The number of nitrogens with zero attached hydrogens (tertiary/aromatic N) is 1. The zero-order valence-corrected chi connectivity index (χ0v) is 13.5. The summed E-state index contributed by atoms with van der Waals surface area (Å²) >= 11 is 0. The Bertz CT molecular complexity index is 591. The summed E-state index contributed by atoms with van der Waals surface area (Å²) in [7, 11) is 1.84. The van der Waals surface area contributed by atoms with Crippen molar-refractivity contribution in [3.8, 4) is 5.75 Å². The summed E-state index contributed by atoms with van der Waals surface area (Å²) in [5, 5.41) is 0. The van der Waals surface area contributed by atoms with Crippen LogP contribution >= 0.6 is 0 Å². The van der Waals surface area contributed by atoms with E-state index >= 15 is 0 Å². The van der Waals surface area contributed by atoms with Crippen molar-refractivity contribution in [2.75, 3.05) is 13.6 Å². The SMILES string of the molecule is CC(C)CN(C)C(=O)c1ccc(OCc2ccccc2)cc1. The number of amides is 1. The zero-order valence-electron chi connectivity index (χ0n) is 13.5. The molecule has 0 N–H and O–H groups in total. The summed E-state index contributed by atoms with van der Waals surface area (Å²) in [6.07, 6.45) is 0. The van der Waals surface area contributed by atoms with Gasteiger partial charge in [-0.1, -0.05) is 44.2 Å². The highest BCUT2D eigenvalue weighted by atomic mass is 16.5. The fourth-order valence-corrected chi connectivity index (χ4v) is 2.29. The smallest absolute Gasteiger partial charge is 0.253 e. The molecule has 0 aliphatic carbocycles. The van der Waals surface area contributed by atoms with Crippen LogP contribution in [-0.4, -0.2) is 24.4 Å². The Morgan fingerprint density at radius 2 is 1.68 bits per heavy atom. The first kappa shape index (κ1) is 16.1. The third-order valence-electron chi connectivity index (χ3n) is 3.34. The third-order valence-corrected chi connectivity index (χ3v) is 3.34. The van der Waals surface area contributed by atoms with E-state index in [1.54, 1.807) is 4.90 Å². The maximum absolute atomic E-state index is 12.3. The van der Waals surface area contributed by atoms with Crippen molar-refractivity contribution in [1.29, 1.82) is 0 Å². The molecule has 22 heavy (non-hydrogen) atoms. The van der Waals surface area contributed by atoms with Crippen LogP contribution in [0.5, 0.6) is 5.75 Å². The molecule has 0 saturated heterocycles. The molecule has 0 aromatic heterocycles. The number of rotatable bonds is 6. The van der Waals surface area contributed by atoms with Gasteiger partial charge in [0.1, 0.15) is 12.4 Å². The lowest BCUT2D eigenvalue weighted by atomic mass is 10.1. The first-order valence-electron chi connectivity index (χ1n) is 7.58. The van der Waals surface area contributed by atoms with Gasteiger partial charge in [-0.25, -0.2) is 0 Å². The second-order valence-electron chi connectivity index (χ2n) is 5.88. The monoisotopic (exact) mass is 297 g/mol. The Kier molecular flexibility index (Phi) is 5.59. The summed E-state index contributed by atoms with van der Waals surface area (Å²) in [6, 6.07) is 17.4. The molecule has 0 aliphatic heterocycles. The Morgan fingerprint density at radius 3 is 2.27 bits per heavy atom. The molecular weight excluding hydrogens is 274 g/mol. The molecule has 2 rings (SSSR count). The van der Waals surface area contributed by atoms with Crippen molar-refractivity contribution < 1.29 is 9.53 Å². The number of benzene rings is 2. The van der Waals surface area contributed by atoms with Gasteiger partial charge in [-0.15, -0.1) is 0 Å². The van der Waals surface area contributed by atoms with Gasteiger partial charge >= 0.3 is 0 Å². The standard InChI is InChI=1S/C19H23NO2/c1-15(2)13-20(3)19(21)17-9-11-18(12-10-17)22-14-16-7-5-4-6-8-16/h4-12,15H,13-14H2,1-3H3. The van der Waals surface area contributed by atoms with E-state index in [-0.39, 0.29) is 5.91 Å². The summed E-state index contributed by atoms with van der Waals surface area (Å²) in [6.45, 7) is 5.49. The second-order valence-corrected chi connectivity index (χ2v) is 5.88. The van der Waals surface area contributed by atoms with Crippen LogP contribution in [0.3, 0.4) is 0 Å². The molecule has 2 aromatic carbocycles. The average molecular weight is 297 g/mol. The minimum Gasteiger partial charge on any atom is -0.489 e. The summed E-state index contributed by atoms with van der Waals surface area (Å²) in [4.78, 5) is 14.0. The lowest BCUT2D eigenvalue weighted by Gasteiger charge is -2.19. The molecule has 0 atom stereocenters. The zero-order chi connectivity index (χ0) is 15.9. The van der Waals surface area contributed by atoms with Gasteiger partial charge in [0.15, 0.2) is 0 Å². The van der Waals surface area contributed by atoms with E-state index < -0.39 is 0 Å². The van der Waals surface area contributed by atoms with Crippen LogP contribution < -0.4 is 4.74 Å². The molecule has 1 amide bonds. The van der Waals surface area contributed by atoms with Gasteiger partial charge in [-0.2, -0.15) is 0 Å². The van der Waals surface area contributed by atoms with Crippen molar-refractivity contribution in [2.45, 2.75) is 20.5 Å². The lowest BCUT2D eigenvalue weighted by Crippen LogP contribution is -2.30. The molecule has 0 bridgehead atoms. The van der Waals surface area contributed by atoms with Gasteiger partial charge in [0.25, 0.3) is 5.91 Å². The number of hydrogen-bond donors (Lipinski definition) is 0. The lowest BCUT2D eigenvalue weighted by molar-refractivity contribution is 0.0779. The molecule has 116 valence electrons.